The van der Waals surface area contributed by atoms with Crippen molar-refractivity contribution in [3.05, 3.63) is 12.7 Å². The number of nitrogens with zero attached hydrogens (tertiary/aromatic N) is 1. The summed E-state index contributed by atoms with van der Waals surface area (Å²) in [6.45, 7) is 5.22. The second kappa shape index (κ2) is 2.96. The molecule has 0 aromatic carbocycles. The van der Waals surface area contributed by atoms with Gasteiger partial charge in [-0.1, -0.05) is 6.08 Å². The van der Waals surface area contributed by atoms with Gasteiger partial charge in [-0.15, -0.1) is 6.58 Å². The van der Waals surface area contributed by atoms with E-state index < -0.39 is 4.81 Å². The molecule has 0 amide bonds. The highest BCUT2D eigenvalue weighted by molar-refractivity contribution is 4.69. The second-order valence-electron chi connectivity index (χ2n) is 2.35. The molecule has 0 saturated heterocycles. The zero-order valence-corrected chi connectivity index (χ0v) is 5.91. The first-order valence-corrected chi connectivity index (χ1v) is 2.91. The van der Waals surface area contributed by atoms with Crippen molar-refractivity contribution in [2.24, 2.45) is 0 Å². The highest BCUT2D eigenvalue weighted by Crippen LogP contribution is 2.04. The molecule has 1 unspecified atom stereocenters. The summed E-state index contributed by atoms with van der Waals surface area (Å²) < 4.78 is 0. The molecule has 0 bridgehead atoms. The van der Waals surface area contributed by atoms with Crippen molar-refractivity contribution in [2.45, 2.75) is 19.4 Å². The lowest BCUT2D eigenvalue weighted by molar-refractivity contribution is -1.25. The Morgan fingerprint density at radius 1 is 1.67 bits per heavy atom. The van der Waals surface area contributed by atoms with Crippen LogP contribution in [0.15, 0.2) is 12.7 Å². The topological polar surface area (TPSA) is 40.5 Å². The van der Waals surface area contributed by atoms with Crippen LogP contribution < -0.4 is 0 Å². The van der Waals surface area contributed by atoms with Crippen LogP contribution in [-0.4, -0.2) is 28.3 Å². The largest absolute Gasteiger partial charge is 0.182 e. The van der Waals surface area contributed by atoms with E-state index in [2.05, 4.69) is 6.58 Å². The molecule has 0 saturated carbocycles. The van der Waals surface area contributed by atoms with Crippen LogP contribution in [0.3, 0.4) is 0 Å². The number of quaternary nitrogens is 1. The fraction of sp³-hybridized carbons (Fsp3) is 0.667. The third-order valence-corrected chi connectivity index (χ3v) is 1.34. The van der Waals surface area contributed by atoms with Gasteiger partial charge in [-0.3, -0.25) is 0 Å². The predicted octanol–water partition coefficient (Wildman–Crippen LogP) is 1.18. The maximum atomic E-state index is 8.86. The highest BCUT2D eigenvalue weighted by atomic mass is 16.8. The lowest BCUT2D eigenvalue weighted by Crippen LogP contribution is -2.44. The van der Waals surface area contributed by atoms with E-state index in [1.807, 2.05) is 0 Å². The second-order valence-corrected chi connectivity index (χ2v) is 2.35. The molecule has 3 heteroatoms. The van der Waals surface area contributed by atoms with E-state index in [1.165, 1.54) is 7.05 Å². The first-order valence-electron chi connectivity index (χ1n) is 2.91. The first kappa shape index (κ1) is 8.62. The first-order chi connectivity index (χ1) is 3.98. The summed E-state index contributed by atoms with van der Waals surface area (Å²) in [6, 6.07) is -0.206. The average molecular weight is 132 g/mol. The fourth-order valence-corrected chi connectivity index (χ4v) is 0.441. The zero-order valence-electron chi connectivity index (χ0n) is 5.91. The Morgan fingerprint density at radius 3 is 2.22 bits per heavy atom. The smallest absolute Gasteiger partial charge is 0.152 e. The van der Waals surface area contributed by atoms with Crippen LogP contribution in [0.5, 0.6) is 0 Å². The van der Waals surface area contributed by atoms with Crippen molar-refractivity contribution in [3.8, 4) is 0 Å². The Hall–Kier alpha value is -0.380. The fourth-order valence-electron chi connectivity index (χ4n) is 0.441. The molecule has 2 N–H and O–H groups in total. The quantitative estimate of drug-likeness (QED) is 0.344. The van der Waals surface area contributed by atoms with Gasteiger partial charge >= 0.3 is 0 Å². The molecule has 0 rings (SSSR count). The van der Waals surface area contributed by atoms with Gasteiger partial charge in [0.1, 0.15) is 7.05 Å². The summed E-state index contributed by atoms with van der Waals surface area (Å²) in [4.78, 5) is -0.980. The van der Waals surface area contributed by atoms with Crippen molar-refractivity contribution < 1.29 is 15.2 Å². The molecule has 1 atom stereocenters. The van der Waals surface area contributed by atoms with Gasteiger partial charge in [0.15, 0.2) is 6.04 Å². The molecule has 0 radical (unpaired) electrons. The Kier molecular flexibility index (Phi) is 2.84. The maximum Gasteiger partial charge on any atom is 0.152 e. The standard InChI is InChI=1S/C6H14NO2/c1-4-5-6(2)7(3,8)9/h4,6,8-9H,1,5H2,2-3H3/q+1. The van der Waals surface area contributed by atoms with Crippen molar-refractivity contribution in [3.63, 3.8) is 0 Å². The molecule has 0 aromatic rings. The number of hydrogen-bond acceptors (Lipinski definition) is 2. The van der Waals surface area contributed by atoms with Gasteiger partial charge in [0.2, 0.25) is 0 Å². The van der Waals surface area contributed by atoms with Gasteiger partial charge < -0.3 is 0 Å². The van der Waals surface area contributed by atoms with Gasteiger partial charge in [-0.25, -0.2) is 0 Å². The molecule has 0 aliphatic rings. The summed E-state index contributed by atoms with van der Waals surface area (Å²) in [5, 5.41) is 17.7. The van der Waals surface area contributed by atoms with E-state index in [0.717, 1.165) is 0 Å². The van der Waals surface area contributed by atoms with Crippen molar-refractivity contribution in [1.29, 1.82) is 0 Å². The Labute approximate surface area is 55.3 Å². The van der Waals surface area contributed by atoms with Crippen LogP contribution in [0.4, 0.5) is 0 Å². The third-order valence-electron chi connectivity index (χ3n) is 1.34. The number of hydroxylamine groups is 4. The molecule has 0 spiro atoms. The van der Waals surface area contributed by atoms with Crippen molar-refractivity contribution in [2.75, 3.05) is 7.05 Å². The Morgan fingerprint density at radius 2 is 2.11 bits per heavy atom. The predicted molar refractivity (Wildman–Crippen MR) is 34.0 cm³/mol. The van der Waals surface area contributed by atoms with Crippen LogP contribution in [-0.2, 0) is 0 Å². The zero-order chi connectivity index (χ0) is 7.49. The molecular weight excluding hydrogens is 118 g/mol. The Bertz CT molecular complexity index is 95.7. The maximum absolute atomic E-state index is 8.86. The monoisotopic (exact) mass is 132 g/mol. The lowest BCUT2D eigenvalue weighted by Gasteiger charge is -2.21. The SMILES string of the molecule is C=CCC(C)[N+](C)(O)O. The van der Waals surface area contributed by atoms with E-state index in [4.69, 9.17) is 10.4 Å². The summed E-state index contributed by atoms with van der Waals surface area (Å²) in [5.74, 6) is 0. The molecule has 0 fully saturated rings. The molecule has 54 valence electrons. The van der Waals surface area contributed by atoms with Gasteiger partial charge in [0, 0.05) is 6.42 Å². The molecule has 9 heavy (non-hydrogen) atoms. The van der Waals surface area contributed by atoms with E-state index in [9.17, 15) is 0 Å². The van der Waals surface area contributed by atoms with Crippen LogP contribution >= 0.6 is 0 Å². The van der Waals surface area contributed by atoms with Crippen LogP contribution in [0.1, 0.15) is 13.3 Å². The van der Waals surface area contributed by atoms with Gasteiger partial charge in [-0.05, 0) is 11.7 Å². The molecule has 0 aromatic heterocycles. The minimum absolute atomic E-state index is 0.206. The molecule has 0 aliphatic carbocycles. The molecule has 0 heterocycles. The number of hydrogen-bond donors (Lipinski definition) is 2. The average Bonchev–Trinajstić information content (AvgIpc) is 1.64. The minimum atomic E-state index is -0.980. The van der Waals surface area contributed by atoms with Crippen LogP contribution in [0.25, 0.3) is 0 Å². The van der Waals surface area contributed by atoms with Gasteiger partial charge in [-0.2, -0.15) is 10.4 Å². The summed E-state index contributed by atoms with van der Waals surface area (Å²) >= 11 is 0. The van der Waals surface area contributed by atoms with E-state index in [-0.39, 0.29) is 6.04 Å². The highest BCUT2D eigenvalue weighted by Gasteiger charge is 2.23. The molecule has 3 nitrogen and oxygen atoms in total. The summed E-state index contributed by atoms with van der Waals surface area (Å²) in [7, 11) is 1.31. The van der Waals surface area contributed by atoms with Gasteiger partial charge in [0.25, 0.3) is 0 Å². The van der Waals surface area contributed by atoms with E-state index in [1.54, 1.807) is 13.0 Å². The number of rotatable bonds is 3. The molecule has 0 aliphatic heterocycles. The lowest BCUT2D eigenvalue weighted by atomic mass is 10.2. The molecular formula is C6H14NO2+. The van der Waals surface area contributed by atoms with Crippen molar-refractivity contribution in [1.82, 2.24) is 0 Å². The van der Waals surface area contributed by atoms with Crippen molar-refractivity contribution >= 4 is 0 Å². The van der Waals surface area contributed by atoms with E-state index >= 15 is 0 Å². The third kappa shape index (κ3) is 3.24. The van der Waals surface area contributed by atoms with E-state index in [0.29, 0.717) is 6.42 Å². The normalized spacial score (nSPS) is 15.1. The minimum Gasteiger partial charge on any atom is -0.182 e. The van der Waals surface area contributed by atoms with Crippen LogP contribution in [0, 0.1) is 0 Å². The summed E-state index contributed by atoms with van der Waals surface area (Å²) in [6.07, 6.45) is 2.26. The Balaban J connectivity index is 3.72. The van der Waals surface area contributed by atoms with Crippen LogP contribution in [0.2, 0.25) is 0 Å². The summed E-state index contributed by atoms with van der Waals surface area (Å²) in [5.41, 5.74) is 0. The van der Waals surface area contributed by atoms with Gasteiger partial charge in [0.05, 0.1) is 0 Å².